The maximum Gasteiger partial charge on any atom is 0.225 e. The summed E-state index contributed by atoms with van der Waals surface area (Å²) in [5, 5.41) is 2.95. The van der Waals surface area contributed by atoms with Gasteiger partial charge in [-0.25, -0.2) is 0 Å². The van der Waals surface area contributed by atoms with Gasteiger partial charge < -0.3 is 15.0 Å². The van der Waals surface area contributed by atoms with Gasteiger partial charge in [0.25, 0.3) is 0 Å². The first-order valence-corrected chi connectivity index (χ1v) is 7.78. The average molecular weight is 282 g/mol. The zero-order valence-electron chi connectivity index (χ0n) is 12.4. The van der Waals surface area contributed by atoms with Crippen molar-refractivity contribution in [3.63, 3.8) is 0 Å². The standard InChI is InChI=1S/C15H26N2O3/c1-20-11-3-8-16-14(18)12-6-9-17(10-7-12)15(19)13-4-2-5-13/h12-13H,2-11H2,1H3,(H,16,18). The Morgan fingerprint density at radius 3 is 2.40 bits per heavy atom. The SMILES string of the molecule is COCCCNC(=O)C1CCN(C(=O)C2CCC2)CC1. The third kappa shape index (κ3) is 3.95. The van der Waals surface area contributed by atoms with E-state index in [2.05, 4.69) is 5.32 Å². The summed E-state index contributed by atoms with van der Waals surface area (Å²) >= 11 is 0. The summed E-state index contributed by atoms with van der Waals surface area (Å²) in [6.07, 6.45) is 5.75. The molecular formula is C15H26N2O3. The number of rotatable bonds is 6. The molecule has 1 saturated heterocycles. The molecule has 1 saturated carbocycles. The highest BCUT2D eigenvalue weighted by atomic mass is 16.5. The van der Waals surface area contributed by atoms with Gasteiger partial charge in [0.1, 0.15) is 0 Å². The number of piperidine rings is 1. The molecule has 1 aliphatic carbocycles. The maximum atomic E-state index is 12.1. The highest BCUT2D eigenvalue weighted by Crippen LogP contribution is 2.29. The smallest absolute Gasteiger partial charge is 0.225 e. The van der Waals surface area contributed by atoms with Crippen LogP contribution in [0.1, 0.15) is 38.5 Å². The second-order valence-corrected chi connectivity index (χ2v) is 5.86. The van der Waals surface area contributed by atoms with Crippen LogP contribution in [-0.4, -0.2) is 50.1 Å². The van der Waals surface area contributed by atoms with Crippen molar-refractivity contribution in [2.24, 2.45) is 11.8 Å². The molecule has 1 aliphatic heterocycles. The number of carbonyl (C=O) groups is 2. The molecule has 0 radical (unpaired) electrons. The third-order valence-electron chi connectivity index (χ3n) is 4.46. The van der Waals surface area contributed by atoms with Crippen LogP contribution in [0.3, 0.4) is 0 Å². The lowest BCUT2D eigenvalue weighted by Crippen LogP contribution is -2.46. The molecule has 20 heavy (non-hydrogen) atoms. The van der Waals surface area contributed by atoms with E-state index in [0.717, 1.165) is 45.2 Å². The summed E-state index contributed by atoms with van der Waals surface area (Å²) in [5.74, 6) is 0.796. The van der Waals surface area contributed by atoms with Crippen molar-refractivity contribution in [1.82, 2.24) is 10.2 Å². The topological polar surface area (TPSA) is 58.6 Å². The summed E-state index contributed by atoms with van der Waals surface area (Å²) in [7, 11) is 1.66. The fourth-order valence-corrected chi connectivity index (χ4v) is 2.85. The van der Waals surface area contributed by atoms with Crippen LogP contribution < -0.4 is 5.32 Å². The number of carbonyl (C=O) groups excluding carboxylic acids is 2. The van der Waals surface area contributed by atoms with Crippen molar-refractivity contribution in [1.29, 1.82) is 0 Å². The zero-order chi connectivity index (χ0) is 14.4. The summed E-state index contributed by atoms with van der Waals surface area (Å²) in [5.41, 5.74) is 0. The van der Waals surface area contributed by atoms with Crippen LogP contribution in [0.15, 0.2) is 0 Å². The van der Waals surface area contributed by atoms with E-state index in [0.29, 0.717) is 19.1 Å². The van der Waals surface area contributed by atoms with Crippen LogP contribution in [-0.2, 0) is 14.3 Å². The molecule has 114 valence electrons. The minimum Gasteiger partial charge on any atom is -0.385 e. The fraction of sp³-hybridized carbons (Fsp3) is 0.867. The quantitative estimate of drug-likeness (QED) is 0.744. The number of nitrogens with one attached hydrogen (secondary N) is 1. The molecule has 0 atom stereocenters. The van der Waals surface area contributed by atoms with E-state index in [4.69, 9.17) is 4.74 Å². The molecule has 1 heterocycles. The van der Waals surface area contributed by atoms with E-state index in [9.17, 15) is 9.59 Å². The molecule has 0 spiro atoms. The lowest BCUT2D eigenvalue weighted by atomic mass is 9.83. The largest absolute Gasteiger partial charge is 0.385 e. The lowest BCUT2D eigenvalue weighted by Gasteiger charge is -2.36. The molecule has 5 nitrogen and oxygen atoms in total. The van der Waals surface area contributed by atoms with Gasteiger partial charge in [-0.15, -0.1) is 0 Å². The van der Waals surface area contributed by atoms with E-state index >= 15 is 0 Å². The van der Waals surface area contributed by atoms with E-state index in [1.165, 1.54) is 6.42 Å². The number of nitrogens with zero attached hydrogens (tertiary/aromatic N) is 1. The Balaban J connectivity index is 1.65. The van der Waals surface area contributed by atoms with Crippen LogP contribution in [0.4, 0.5) is 0 Å². The number of likely N-dealkylation sites (tertiary alicyclic amines) is 1. The number of ether oxygens (including phenoxy) is 1. The molecule has 2 amide bonds. The van der Waals surface area contributed by atoms with Crippen molar-refractivity contribution < 1.29 is 14.3 Å². The van der Waals surface area contributed by atoms with E-state index < -0.39 is 0 Å². The Labute approximate surface area is 121 Å². The summed E-state index contributed by atoms with van der Waals surface area (Å²) in [6, 6.07) is 0. The van der Waals surface area contributed by atoms with Gasteiger partial charge >= 0.3 is 0 Å². The first kappa shape index (κ1) is 15.3. The molecule has 2 aliphatic rings. The van der Waals surface area contributed by atoms with Gasteiger partial charge in [-0.3, -0.25) is 9.59 Å². The van der Waals surface area contributed by atoms with Crippen molar-refractivity contribution in [2.75, 3.05) is 33.4 Å². The van der Waals surface area contributed by atoms with Crippen LogP contribution in [0.2, 0.25) is 0 Å². The summed E-state index contributed by atoms with van der Waals surface area (Å²) < 4.78 is 4.95. The average Bonchev–Trinajstić information content (AvgIpc) is 2.41. The van der Waals surface area contributed by atoms with Gasteiger partial charge in [-0.05, 0) is 32.1 Å². The molecule has 0 bridgehead atoms. The normalized spacial score (nSPS) is 20.6. The maximum absolute atomic E-state index is 12.1. The Bertz CT molecular complexity index is 334. The predicted molar refractivity (Wildman–Crippen MR) is 76.1 cm³/mol. The Morgan fingerprint density at radius 1 is 1.15 bits per heavy atom. The Hall–Kier alpha value is -1.10. The third-order valence-corrected chi connectivity index (χ3v) is 4.46. The molecule has 0 unspecified atom stereocenters. The van der Waals surface area contributed by atoms with Crippen LogP contribution >= 0.6 is 0 Å². The number of hydrogen-bond acceptors (Lipinski definition) is 3. The summed E-state index contributed by atoms with van der Waals surface area (Å²) in [6.45, 7) is 2.83. The monoisotopic (exact) mass is 282 g/mol. The minimum absolute atomic E-state index is 0.0722. The molecule has 5 heteroatoms. The van der Waals surface area contributed by atoms with Gasteiger partial charge in [0.2, 0.25) is 11.8 Å². The van der Waals surface area contributed by atoms with Gasteiger partial charge in [0.15, 0.2) is 0 Å². The van der Waals surface area contributed by atoms with Gasteiger partial charge in [-0.2, -0.15) is 0 Å². The van der Waals surface area contributed by atoms with Crippen molar-refractivity contribution in [3.05, 3.63) is 0 Å². The molecule has 0 aromatic rings. The van der Waals surface area contributed by atoms with Gasteiger partial charge in [0.05, 0.1) is 0 Å². The zero-order valence-corrected chi connectivity index (χ0v) is 12.4. The highest BCUT2D eigenvalue weighted by molar-refractivity contribution is 5.81. The molecule has 0 aromatic heterocycles. The number of hydrogen-bond donors (Lipinski definition) is 1. The Kier molecular flexibility index (Phi) is 5.83. The first-order valence-electron chi connectivity index (χ1n) is 7.78. The van der Waals surface area contributed by atoms with Gasteiger partial charge in [0, 0.05) is 45.2 Å². The number of amides is 2. The second kappa shape index (κ2) is 7.62. The predicted octanol–water partition coefficient (Wildman–Crippen LogP) is 1.18. The second-order valence-electron chi connectivity index (χ2n) is 5.86. The number of methoxy groups -OCH3 is 1. The van der Waals surface area contributed by atoms with E-state index in [1.807, 2.05) is 4.90 Å². The molecule has 2 fully saturated rings. The van der Waals surface area contributed by atoms with Gasteiger partial charge in [-0.1, -0.05) is 6.42 Å². The van der Waals surface area contributed by atoms with Crippen LogP contribution in [0, 0.1) is 11.8 Å². The summed E-state index contributed by atoms with van der Waals surface area (Å²) in [4.78, 5) is 26.1. The van der Waals surface area contributed by atoms with E-state index in [-0.39, 0.29) is 17.7 Å². The molecule has 1 N–H and O–H groups in total. The Morgan fingerprint density at radius 2 is 1.85 bits per heavy atom. The van der Waals surface area contributed by atoms with Crippen LogP contribution in [0.5, 0.6) is 0 Å². The molecule has 2 rings (SSSR count). The van der Waals surface area contributed by atoms with Crippen molar-refractivity contribution >= 4 is 11.8 Å². The molecular weight excluding hydrogens is 256 g/mol. The van der Waals surface area contributed by atoms with E-state index in [1.54, 1.807) is 7.11 Å². The minimum atomic E-state index is 0.0722. The first-order chi connectivity index (χ1) is 9.72. The lowest BCUT2D eigenvalue weighted by molar-refractivity contribution is -0.141. The van der Waals surface area contributed by atoms with Crippen molar-refractivity contribution in [3.8, 4) is 0 Å². The molecule has 0 aromatic carbocycles. The van der Waals surface area contributed by atoms with Crippen LogP contribution in [0.25, 0.3) is 0 Å². The fourth-order valence-electron chi connectivity index (χ4n) is 2.85. The highest BCUT2D eigenvalue weighted by Gasteiger charge is 2.33. The van der Waals surface area contributed by atoms with Crippen molar-refractivity contribution in [2.45, 2.75) is 38.5 Å².